The topological polar surface area (TPSA) is 39.1 Å². The van der Waals surface area contributed by atoms with Crippen molar-refractivity contribution < 1.29 is 10.8 Å². The first-order chi connectivity index (χ1) is 35.3. The van der Waals surface area contributed by atoms with E-state index in [-0.39, 0.29) is 53.2 Å². The predicted octanol–water partition coefficient (Wildman–Crippen LogP) is 18.1. The Bertz CT molecular complexity index is 3740. The summed E-state index contributed by atoms with van der Waals surface area (Å²) >= 11 is 22.6. The molecule has 0 aliphatic carbocycles. The van der Waals surface area contributed by atoms with Gasteiger partial charge in [0, 0.05) is 0 Å². The number of rotatable bonds is 3. The zero-order chi connectivity index (χ0) is 52.9. The standard InChI is InChI=1S/C58H58N3O.C6H2Cl4O2.Sb/c1-55(2,3)38-21-25-42(26-22-38)59-44-29-40(57(7,8)9)31-49(36-44)62-50-32-41(58(10,11)12)30-45(37-50)60(43-27-23-39(24-28-43)56(4,5)6)47-33-46(59)34-48(35-47)61-53-19-15-13-17-51(53)52-18-14-16-20-54(52)61;7-1-2(8)4(10)6(12)5(11)3(1)9;/h13-32,34-35H,1-12H3;11-12H;/q;;+2/p-2. The second-order valence-corrected chi connectivity index (χ2v) is 36.7. The summed E-state index contributed by atoms with van der Waals surface area (Å²) in [5, 5.41) is 2.79. The molecule has 5 heterocycles. The Kier molecular flexibility index (Phi) is 10.4. The van der Waals surface area contributed by atoms with Crippen LogP contribution in [0.2, 0.25) is 20.1 Å². The zero-order valence-electron chi connectivity index (χ0n) is 44.2. The molecule has 13 rings (SSSR count). The van der Waals surface area contributed by atoms with E-state index in [1.165, 1.54) is 11.1 Å². The summed E-state index contributed by atoms with van der Waals surface area (Å²) in [5.41, 5.74) is 12.4. The molecule has 4 aliphatic heterocycles. The number of nitrogens with zero attached hydrogens (tertiary/aromatic N) is 3. The molecule has 0 saturated heterocycles. The van der Waals surface area contributed by atoms with Crippen LogP contribution in [0.4, 0.5) is 34.1 Å². The van der Waals surface area contributed by atoms with Gasteiger partial charge in [0.1, 0.15) is 0 Å². The van der Waals surface area contributed by atoms with Gasteiger partial charge in [0.05, 0.1) is 0 Å². The van der Waals surface area contributed by atoms with Gasteiger partial charge >= 0.3 is 465 Å². The molecule has 0 atom stereocenters. The van der Waals surface area contributed by atoms with Crippen molar-refractivity contribution in [3.8, 4) is 28.7 Å². The van der Waals surface area contributed by atoms with Gasteiger partial charge in [-0.25, -0.2) is 0 Å². The fourth-order valence-corrected chi connectivity index (χ4v) is 29.3. The van der Waals surface area contributed by atoms with Crippen molar-refractivity contribution in [1.29, 1.82) is 0 Å². The molecule has 11 heteroatoms. The van der Waals surface area contributed by atoms with E-state index in [9.17, 15) is 0 Å². The van der Waals surface area contributed by atoms with Crippen molar-refractivity contribution >= 4 is 131 Å². The first kappa shape index (κ1) is 49.1. The molecule has 380 valence electrons. The Hall–Kier alpha value is -5.46. The number of para-hydroxylation sites is 2. The monoisotopic (exact) mass is 1180 g/mol. The number of aromatic nitrogens is 1. The van der Waals surface area contributed by atoms with Gasteiger partial charge in [-0.1, -0.05) is 0 Å². The van der Waals surface area contributed by atoms with Crippen LogP contribution in [0.3, 0.4) is 0 Å². The molecule has 0 amide bonds. The maximum absolute atomic E-state index is 8.25. The Morgan fingerprint density at radius 1 is 0.373 bits per heavy atom. The zero-order valence-corrected chi connectivity index (χ0v) is 49.8. The van der Waals surface area contributed by atoms with Crippen LogP contribution in [-0.4, -0.2) is 22.8 Å². The Balaban J connectivity index is 1.29. The minimum absolute atomic E-state index is 0.0905. The van der Waals surface area contributed by atoms with E-state index in [0.717, 1.165) is 83.3 Å². The molecule has 0 bridgehead atoms. The molecule has 8 aromatic carbocycles. The number of hydrogen-bond donors (Lipinski definition) is 0. The molecule has 1 aromatic heterocycles. The van der Waals surface area contributed by atoms with E-state index in [1.807, 2.05) is 0 Å². The van der Waals surface area contributed by atoms with Crippen molar-refractivity contribution in [2.75, 3.05) is 9.80 Å². The molecule has 75 heavy (non-hydrogen) atoms. The van der Waals surface area contributed by atoms with Crippen molar-refractivity contribution in [2.45, 2.75) is 105 Å². The van der Waals surface area contributed by atoms with Crippen LogP contribution in [0.1, 0.15) is 105 Å². The number of anilines is 6. The molecule has 0 unspecified atom stereocenters. The average Bonchev–Trinajstić information content (AvgIpc) is 4.01. The van der Waals surface area contributed by atoms with Crippen LogP contribution in [0.15, 0.2) is 133 Å². The summed E-state index contributed by atoms with van der Waals surface area (Å²) in [5.74, 6) is 1.84. The fourth-order valence-electron chi connectivity index (χ4n) is 11.9. The van der Waals surface area contributed by atoms with E-state index < -0.39 is 18.2 Å². The molecule has 0 N–H and O–H groups in total. The van der Waals surface area contributed by atoms with Crippen LogP contribution < -0.4 is 31.1 Å². The Morgan fingerprint density at radius 2 is 0.733 bits per heavy atom. The number of hydrogen-bond acceptors (Lipinski definition) is 5. The summed E-state index contributed by atoms with van der Waals surface area (Å²) < 4.78 is 29.1. The second-order valence-electron chi connectivity index (χ2n) is 24.8. The number of ether oxygens (including phenoxy) is 1. The van der Waals surface area contributed by atoms with Crippen molar-refractivity contribution in [3.63, 3.8) is 0 Å². The maximum atomic E-state index is 8.25. The van der Waals surface area contributed by atoms with Crippen LogP contribution in [0.25, 0.3) is 27.5 Å². The van der Waals surface area contributed by atoms with Gasteiger partial charge in [-0.2, -0.15) is 0 Å². The molecular formula is C64H58Cl4N3O3Sb. The molecular weight excluding hydrogens is 1120 g/mol. The SMILES string of the molecule is CC(C)(C)c1ccc(N2c3cc(C(C)(C)C)cc4[c]3[Sb]35([O]c6c(Cl)c(Cl)c(Cl)c(Cl)c6[O]3)[c]3c(cc(C(C)(C)C)cc3N(c3ccc(C(C)(C)C)cc3)c3cc(-n6c7ccccc7c7ccccc76)cc2[c]35)O4)cc1. The molecule has 0 radical (unpaired) electrons. The fraction of sp³-hybridized carbons (Fsp3) is 0.250. The third kappa shape index (κ3) is 6.72. The molecule has 0 fully saturated rings. The van der Waals surface area contributed by atoms with E-state index in [1.54, 1.807) is 0 Å². The third-order valence-electron chi connectivity index (χ3n) is 15.8. The Morgan fingerprint density at radius 3 is 1.11 bits per heavy atom. The van der Waals surface area contributed by atoms with Crippen LogP contribution in [0, 0.1) is 0 Å². The predicted molar refractivity (Wildman–Crippen MR) is 317 cm³/mol. The van der Waals surface area contributed by atoms with Gasteiger partial charge in [0.2, 0.25) is 0 Å². The third-order valence-corrected chi connectivity index (χ3v) is 31.5. The first-order valence-corrected chi connectivity index (χ1v) is 33.1. The van der Waals surface area contributed by atoms with Gasteiger partial charge in [0.25, 0.3) is 0 Å². The average molecular weight is 1180 g/mol. The molecule has 0 saturated carbocycles. The normalized spacial score (nSPS) is 16.3. The van der Waals surface area contributed by atoms with Crippen LogP contribution in [0.5, 0.6) is 23.0 Å². The summed E-state index contributed by atoms with van der Waals surface area (Å²) in [6, 6.07) is 49.1. The van der Waals surface area contributed by atoms with Gasteiger partial charge in [-0.05, 0) is 0 Å². The van der Waals surface area contributed by atoms with Gasteiger partial charge in [-0.3, -0.25) is 0 Å². The summed E-state index contributed by atoms with van der Waals surface area (Å²) in [6.45, 7) is 27.0. The van der Waals surface area contributed by atoms with E-state index in [0.29, 0.717) is 11.5 Å². The number of halogens is 4. The second kappa shape index (κ2) is 15.8. The van der Waals surface area contributed by atoms with E-state index in [2.05, 4.69) is 231 Å². The number of benzene rings is 8. The summed E-state index contributed by atoms with van der Waals surface area (Å²) in [6.07, 6.45) is 0. The van der Waals surface area contributed by atoms with Crippen molar-refractivity contribution in [3.05, 3.63) is 176 Å². The van der Waals surface area contributed by atoms with Gasteiger partial charge in [0.15, 0.2) is 0 Å². The van der Waals surface area contributed by atoms with Gasteiger partial charge in [-0.15, -0.1) is 0 Å². The van der Waals surface area contributed by atoms with E-state index >= 15 is 0 Å². The molecule has 1 spiro atoms. The summed E-state index contributed by atoms with van der Waals surface area (Å²) in [4.78, 5) is 4.84. The van der Waals surface area contributed by atoms with Crippen molar-refractivity contribution in [1.82, 2.24) is 4.57 Å². The Labute approximate surface area is 461 Å². The minimum atomic E-state index is -6.44. The van der Waals surface area contributed by atoms with E-state index in [4.69, 9.17) is 57.2 Å². The van der Waals surface area contributed by atoms with Gasteiger partial charge < -0.3 is 0 Å². The molecule has 9 aromatic rings. The summed E-state index contributed by atoms with van der Waals surface area (Å²) in [7, 11) is 0. The first-order valence-electron chi connectivity index (χ1n) is 25.6. The quantitative estimate of drug-likeness (QED) is 0.100. The number of fused-ring (bicyclic) bond motifs is 4. The van der Waals surface area contributed by atoms with Crippen molar-refractivity contribution in [2.24, 2.45) is 0 Å². The molecule has 6 nitrogen and oxygen atoms in total. The van der Waals surface area contributed by atoms with Crippen LogP contribution in [-0.2, 0) is 21.7 Å². The van der Waals surface area contributed by atoms with Crippen LogP contribution >= 0.6 is 46.4 Å². The molecule has 4 aliphatic rings.